The molecule has 1 aromatic carbocycles. The SMILES string of the molecule is O=C1c2ccccc2C(=O)N1CCCCCCCCCCO. The molecule has 2 amide bonds. The van der Waals surface area contributed by atoms with Gasteiger partial charge in [0.25, 0.3) is 11.8 Å². The second-order valence-corrected chi connectivity index (χ2v) is 5.86. The number of carbonyl (C=O) groups is 2. The number of benzene rings is 1. The van der Waals surface area contributed by atoms with Crippen LogP contribution in [0.15, 0.2) is 24.3 Å². The molecule has 120 valence electrons. The predicted molar refractivity (Wildman–Crippen MR) is 85.8 cm³/mol. The van der Waals surface area contributed by atoms with E-state index in [-0.39, 0.29) is 11.8 Å². The molecule has 0 saturated carbocycles. The zero-order valence-corrected chi connectivity index (χ0v) is 13.1. The fraction of sp³-hybridized carbons (Fsp3) is 0.556. The lowest BCUT2D eigenvalue weighted by Gasteiger charge is -2.13. The van der Waals surface area contributed by atoms with Crippen LogP contribution in [0.2, 0.25) is 0 Å². The highest BCUT2D eigenvalue weighted by Gasteiger charge is 2.34. The lowest BCUT2D eigenvalue weighted by atomic mass is 10.1. The molecule has 22 heavy (non-hydrogen) atoms. The molecule has 0 aromatic heterocycles. The van der Waals surface area contributed by atoms with Gasteiger partial charge in [0, 0.05) is 13.2 Å². The van der Waals surface area contributed by atoms with Crippen LogP contribution in [0.1, 0.15) is 72.1 Å². The number of hydrogen-bond acceptors (Lipinski definition) is 3. The van der Waals surface area contributed by atoms with Crippen LogP contribution >= 0.6 is 0 Å². The van der Waals surface area contributed by atoms with Crippen LogP contribution in [-0.2, 0) is 0 Å². The van der Waals surface area contributed by atoms with Crippen LogP contribution in [0, 0.1) is 0 Å². The largest absolute Gasteiger partial charge is 0.396 e. The molecule has 1 aliphatic heterocycles. The summed E-state index contributed by atoms with van der Waals surface area (Å²) in [4.78, 5) is 25.7. The zero-order valence-electron chi connectivity index (χ0n) is 13.1. The normalized spacial score (nSPS) is 13.8. The molecule has 0 spiro atoms. The Kier molecular flexibility index (Phi) is 6.59. The highest BCUT2D eigenvalue weighted by Crippen LogP contribution is 2.22. The molecule has 1 N–H and O–H groups in total. The minimum absolute atomic E-state index is 0.149. The molecular weight excluding hydrogens is 278 g/mol. The van der Waals surface area contributed by atoms with Crippen molar-refractivity contribution in [2.24, 2.45) is 0 Å². The van der Waals surface area contributed by atoms with Crippen molar-refractivity contribution in [1.82, 2.24) is 4.90 Å². The summed E-state index contributed by atoms with van der Waals surface area (Å²) < 4.78 is 0. The van der Waals surface area contributed by atoms with Crippen LogP contribution in [0.4, 0.5) is 0 Å². The number of imide groups is 1. The van der Waals surface area contributed by atoms with Gasteiger partial charge in [-0.2, -0.15) is 0 Å². The minimum Gasteiger partial charge on any atom is -0.396 e. The summed E-state index contributed by atoms with van der Waals surface area (Å²) in [6.07, 6.45) is 8.64. The minimum atomic E-state index is -0.149. The molecular formula is C18H25NO3. The maximum Gasteiger partial charge on any atom is 0.261 e. The zero-order chi connectivity index (χ0) is 15.8. The maximum atomic E-state index is 12.2. The van der Waals surface area contributed by atoms with E-state index in [2.05, 4.69) is 0 Å². The van der Waals surface area contributed by atoms with E-state index in [1.165, 1.54) is 24.2 Å². The molecule has 1 heterocycles. The highest BCUT2D eigenvalue weighted by atomic mass is 16.3. The standard InChI is InChI=1S/C18H25NO3/c20-14-10-6-4-2-1-3-5-9-13-19-17(21)15-11-7-8-12-16(15)18(19)22/h7-8,11-12,20H,1-6,9-10,13-14H2. The first-order chi connectivity index (χ1) is 10.8. The highest BCUT2D eigenvalue weighted by molar-refractivity contribution is 6.21. The lowest BCUT2D eigenvalue weighted by molar-refractivity contribution is 0.0651. The van der Waals surface area contributed by atoms with E-state index >= 15 is 0 Å². The molecule has 1 aromatic rings. The average molecular weight is 303 g/mol. The summed E-state index contributed by atoms with van der Waals surface area (Å²) in [7, 11) is 0. The molecule has 0 saturated heterocycles. The molecule has 2 rings (SSSR count). The van der Waals surface area contributed by atoms with Gasteiger partial charge in [0.2, 0.25) is 0 Å². The van der Waals surface area contributed by atoms with Gasteiger partial charge in [-0.1, -0.05) is 50.7 Å². The van der Waals surface area contributed by atoms with Crippen molar-refractivity contribution in [3.05, 3.63) is 35.4 Å². The molecule has 0 bridgehead atoms. The molecule has 0 unspecified atom stereocenters. The molecule has 0 radical (unpaired) electrons. The predicted octanol–water partition coefficient (Wildman–Crippen LogP) is 3.40. The second kappa shape index (κ2) is 8.69. The van der Waals surface area contributed by atoms with E-state index in [0.29, 0.717) is 24.3 Å². The van der Waals surface area contributed by atoms with Crippen LogP contribution in [0.5, 0.6) is 0 Å². The Hall–Kier alpha value is -1.68. The van der Waals surface area contributed by atoms with E-state index in [9.17, 15) is 9.59 Å². The van der Waals surface area contributed by atoms with E-state index in [4.69, 9.17) is 5.11 Å². The van der Waals surface area contributed by atoms with Crippen LogP contribution < -0.4 is 0 Å². The third-order valence-electron chi connectivity index (χ3n) is 4.17. The Labute approximate surface area is 132 Å². The van der Waals surface area contributed by atoms with Gasteiger partial charge >= 0.3 is 0 Å². The molecule has 0 atom stereocenters. The summed E-state index contributed by atoms with van der Waals surface area (Å²) in [5.41, 5.74) is 1.08. The number of carbonyl (C=O) groups excluding carboxylic acids is 2. The third kappa shape index (κ3) is 4.17. The molecule has 4 heteroatoms. The molecule has 1 aliphatic rings. The summed E-state index contributed by atoms with van der Waals surface area (Å²) in [5, 5.41) is 8.69. The quantitative estimate of drug-likeness (QED) is 0.532. The molecule has 0 aliphatic carbocycles. The van der Waals surface area contributed by atoms with Crippen molar-refractivity contribution in [2.45, 2.75) is 51.4 Å². The maximum absolute atomic E-state index is 12.2. The first-order valence-electron chi connectivity index (χ1n) is 8.32. The molecule has 0 fully saturated rings. The first-order valence-corrected chi connectivity index (χ1v) is 8.32. The van der Waals surface area contributed by atoms with Crippen LogP contribution in [-0.4, -0.2) is 35.0 Å². The van der Waals surface area contributed by atoms with Crippen molar-refractivity contribution < 1.29 is 14.7 Å². The van der Waals surface area contributed by atoms with Gasteiger partial charge in [0.1, 0.15) is 0 Å². The van der Waals surface area contributed by atoms with Gasteiger partial charge in [0.05, 0.1) is 11.1 Å². The van der Waals surface area contributed by atoms with Gasteiger partial charge in [-0.15, -0.1) is 0 Å². The number of nitrogens with zero attached hydrogens (tertiary/aromatic N) is 1. The number of unbranched alkanes of at least 4 members (excludes halogenated alkanes) is 7. The van der Waals surface area contributed by atoms with Crippen LogP contribution in [0.3, 0.4) is 0 Å². The van der Waals surface area contributed by atoms with E-state index in [1.54, 1.807) is 24.3 Å². The monoisotopic (exact) mass is 303 g/mol. The Balaban J connectivity index is 1.63. The number of aliphatic hydroxyl groups excluding tert-OH is 1. The van der Waals surface area contributed by atoms with Crippen molar-refractivity contribution in [1.29, 1.82) is 0 Å². The summed E-state index contributed by atoms with van der Waals surface area (Å²) in [6, 6.07) is 7.04. The van der Waals surface area contributed by atoms with Crippen molar-refractivity contribution in [3.63, 3.8) is 0 Å². The number of hydrogen-bond donors (Lipinski definition) is 1. The van der Waals surface area contributed by atoms with E-state index < -0.39 is 0 Å². The third-order valence-corrected chi connectivity index (χ3v) is 4.17. The van der Waals surface area contributed by atoms with Gasteiger partial charge in [-0.25, -0.2) is 0 Å². The van der Waals surface area contributed by atoms with Crippen molar-refractivity contribution in [3.8, 4) is 0 Å². The first kappa shape index (κ1) is 16.7. The summed E-state index contributed by atoms with van der Waals surface area (Å²) >= 11 is 0. The number of rotatable bonds is 10. The number of fused-ring (bicyclic) bond motifs is 1. The molecule has 4 nitrogen and oxygen atoms in total. The second-order valence-electron chi connectivity index (χ2n) is 5.86. The van der Waals surface area contributed by atoms with E-state index in [1.807, 2.05) is 0 Å². The number of aliphatic hydroxyl groups is 1. The number of amides is 2. The van der Waals surface area contributed by atoms with Crippen molar-refractivity contribution >= 4 is 11.8 Å². The average Bonchev–Trinajstić information content (AvgIpc) is 2.78. The topological polar surface area (TPSA) is 57.6 Å². The lowest BCUT2D eigenvalue weighted by Crippen LogP contribution is -2.30. The van der Waals surface area contributed by atoms with E-state index in [0.717, 1.165) is 32.1 Å². The smallest absolute Gasteiger partial charge is 0.261 e. The fourth-order valence-corrected chi connectivity index (χ4v) is 2.88. The van der Waals surface area contributed by atoms with Crippen molar-refractivity contribution in [2.75, 3.05) is 13.2 Å². The Morgan fingerprint density at radius 3 is 1.68 bits per heavy atom. The van der Waals surface area contributed by atoms with Gasteiger partial charge in [-0.05, 0) is 25.0 Å². The Morgan fingerprint density at radius 2 is 1.18 bits per heavy atom. The van der Waals surface area contributed by atoms with Gasteiger partial charge < -0.3 is 5.11 Å². The summed E-state index contributed by atoms with van der Waals surface area (Å²) in [5.74, 6) is -0.297. The fourth-order valence-electron chi connectivity index (χ4n) is 2.88. The van der Waals surface area contributed by atoms with Gasteiger partial charge in [-0.3, -0.25) is 14.5 Å². The van der Waals surface area contributed by atoms with Crippen LogP contribution in [0.25, 0.3) is 0 Å². The Bertz CT molecular complexity index is 478. The van der Waals surface area contributed by atoms with Gasteiger partial charge in [0.15, 0.2) is 0 Å². The summed E-state index contributed by atoms with van der Waals surface area (Å²) in [6.45, 7) is 0.817. The Morgan fingerprint density at radius 1 is 0.727 bits per heavy atom.